The lowest BCUT2D eigenvalue weighted by atomic mass is 9.94. The molecule has 0 saturated carbocycles. The first kappa shape index (κ1) is 14.5. The molecule has 0 heterocycles. The summed E-state index contributed by atoms with van der Waals surface area (Å²) in [6.07, 6.45) is 1.59. The van der Waals surface area contributed by atoms with Crippen LogP contribution in [0.15, 0.2) is 24.3 Å². The van der Waals surface area contributed by atoms with Gasteiger partial charge >= 0.3 is 0 Å². The predicted molar refractivity (Wildman–Crippen MR) is 72.8 cm³/mol. The molecule has 0 radical (unpaired) electrons. The fourth-order valence-corrected chi connectivity index (χ4v) is 1.82. The van der Waals surface area contributed by atoms with E-state index in [2.05, 4.69) is 5.32 Å². The number of methoxy groups -OCH3 is 1. The average Bonchev–Trinajstić information content (AvgIpc) is 2.38. The Morgan fingerprint density at radius 2 is 2.11 bits per heavy atom. The second kappa shape index (κ2) is 6.40. The number of nitrogens with one attached hydrogen (secondary N) is 1. The van der Waals surface area contributed by atoms with Crippen LogP contribution in [0.3, 0.4) is 0 Å². The van der Waals surface area contributed by atoms with Gasteiger partial charge in [-0.15, -0.1) is 0 Å². The molecule has 1 rings (SSSR count). The van der Waals surface area contributed by atoms with Crippen molar-refractivity contribution in [2.45, 2.75) is 32.2 Å². The lowest BCUT2D eigenvalue weighted by molar-refractivity contribution is 0.0897. The minimum atomic E-state index is -0.271. The molecular formula is C14H22N2O2. The number of hydrogen-bond donors (Lipinski definition) is 2. The highest BCUT2D eigenvalue weighted by molar-refractivity contribution is 5.97. The van der Waals surface area contributed by atoms with Crippen LogP contribution >= 0.6 is 0 Å². The van der Waals surface area contributed by atoms with E-state index in [0.29, 0.717) is 17.9 Å². The number of rotatable bonds is 6. The number of benzene rings is 1. The normalized spacial score (nSPS) is 13.8. The number of ether oxygens (including phenoxy) is 1. The van der Waals surface area contributed by atoms with Gasteiger partial charge in [0, 0.05) is 5.54 Å². The second-order valence-electron chi connectivity index (χ2n) is 4.61. The van der Waals surface area contributed by atoms with E-state index < -0.39 is 0 Å². The number of amides is 1. The number of hydrogen-bond acceptors (Lipinski definition) is 3. The van der Waals surface area contributed by atoms with Crippen LogP contribution in [0.5, 0.6) is 5.75 Å². The highest BCUT2D eigenvalue weighted by atomic mass is 16.5. The standard InChI is InChI=1S/C14H22N2O2/c1-4-14(2,9-10-15)16-13(17)11-7-5-6-8-12(11)18-3/h5-8H,4,9-10,15H2,1-3H3,(H,16,17). The third kappa shape index (κ3) is 3.47. The molecule has 100 valence electrons. The molecule has 0 aliphatic rings. The highest BCUT2D eigenvalue weighted by Crippen LogP contribution is 2.20. The van der Waals surface area contributed by atoms with Gasteiger partial charge in [0.05, 0.1) is 12.7 Å². The van der Waals surface area contributed by atoms with E-state index in [-0.39, 0.29) is 11.4 Å². The first-order chi connectivity index (χ1) is 8.56. The van der Waals surface area contributed by atoms with Gasteiger partial charge in [-0.25, -0.2) is 0 Å². The van der Waals surface area contributed by atoms with Gasteiger partial charge in [-0.05, 0) is 38.4 Å². The quantitative estimate of drug-likeness (QED) is 0.811. The van der Waals surface area contributed by atoms with Crippen LogP contribution in [0.2, 0.25) is 0 Å². The topological polar surface area (TPSA) is 64.3 Å². The highest BCUT2D eigenvalue weighted by Gasteiger charge is 2.25. The molecule has 18 heavy (non-hydrogen) atoms. The van der Waals surface area contributed by atoms with E-state index in [0.717, 1.165) is 12.8 Å². The summed E-state index contributed by atoms with van der Waals surface area (Å²) in [5.41, 5.74) is 5.87. The molecule has 0 spiro atoms. The summed E-state index contributed by atoms with van der Waals surface area (Å²) in [6.45, 7) is 4.60. The van der Waals surface area contributed by atoms with Crippen molar-refractivity contribution in [2.24, 2.45) is 5.73 Å². The summed E-state index contributed by atoms with van der Waals surface area (Å²) in [6, 6.07) is 7.20. The molecule has 4 heteroatoms. The van der Waals surface area contributed by atoms with Gasteiger partial charge in [0.2, 0.25) is 0 Å². The van der Waals surface area contributed by atoms with Crippen LogP contribution in [0.4, 0.5) is 0 Å². The molecule has 1 aromatic rings. The number of carbonyl (C=O) groups excluding carboxylic acids is 1. The van der Waals surface area contributed by atoms with Crippen molar-refractivity contribution in [3.63, 3.8) is 0 Å². The number of nitrogens with two attached hydrogens (primary N) is 1. The maximum absolute atomic E-state index is 12.2. The molecule has 0 aliphatic carbocycles. The molecule has 0 aromatic heterocycles. The Hall–Kier alpha value is -1.55. The average molecular weight is 250 g/mol. The SMILES string of the molecule is CCC(C)(CCN)NC(=O)c1ccccc1OC. The molecule has 0 aliphatic heterocycles. The fraction of sp³-hybridized carbons (Fsp3) is 0.500. The summed E-state index contributed by atoms with van der Waals surface area (Å²) in [7, 11) is 1.56. The van der Waals surface area contributed by atoms with Crippen molar-refractivity contribution < 1.29 is 9.53 Å². The molecular weight excluding hydrogens is 228 g/mol. The lowest BCUT2D eigenvalue weighted by Crippen LogP contribution is -2.46. The smallest absolute Gasteiger partial charge is 0.255 e. The zero-order valence-electron chi connectivity index (χ0n) is 11.3. The first-order valence-electron chi connectivity index (χ1n) is 6.22. The molecule has 4 nitrogen and oxygen atoms in total. The first-order valence-corrected chi connectivity index (χ1v) is 6.22. The van der Waals surface area contributed by atoms with E-state index in [1.54, 1.807) is 19.2 Å². The van der Waals surface area contributed by atoms with Gasteiger partial charge in [-0.2, -0.15) is 0 Å². The van der Waals surface area contributed by atoms with Gasteiger partial charge in [0.25, 0.3) is 5.91 Å². The van der Waals surface area contributed by atoms with Crippen LogP contribution in [0.1, 0.15) is 37.0 Å². The van der Waals surface area contributed by atoms with Crippen LogP contribution in [0, 0.1) is 0 Å². The Morgan fingerprint density at radius 1 is 1.44 bits per heavy atom. The maximum Gasteiger partial charge on any atom is 0.255 e. The molecule has 0 fully saturated rings. The van der Waals surface area contributed by atoms with E-state index in [1.807, 2.05) is 26.0 Å². The Labute approximate surface area is 109 Å². The van der Waals surface area contributed by atoms with Crippen LogP contribution < -0.4 is 15.8 Å². The zero-order chi connectivity index (χ0) is 13.6. The summed E-state index contributed by atoms with van der Waals surface area (Å²) in [4.78, 5) is 12.2. The summed E-state index contributed by atoms with van der Waals surface area (Å²) in [5, 5.41) is 3.04. The van der Waals surface area contributed by atoms with E-state index in [4.69, 9.17) is 10.5 Å². The van der Waals surface area contributed by atoms with Crippen molar-refractivity contribution in [3.05, 3.63) is 29.8 Å². The van der Waals surface area contributed by atoms with Gasteiger partial charge in [-0.1, -0.05) is 19.1 Å². The predicted octanol–water partition coefficient (Wildman–Crippen LogP) is 1.94. The molecule has 0 bridgehead atoms. The monoisotopic (exact) mass is 250 g/mol. The lowest BCUT2D eigenvalue weighted by Gasteiger charge is -2.29. The van der Waals surface area contributed by atoms with E-state index >= 15 is 0 Å². The number of para-hydroxylation sites is 1. The fourth-order valence-electron chi connectivity index (χ4n) is 1.82. The van der Waals surface area contributed by atoms with Crippen LogP contribution in [-0.2, 0) is 0 Å². The van der Waals surface area contributed by atoms with Gasteiger partial charge in [0.15, 0.2) is 0 Å². The third-order valence-electron chi connectivity index (χ3n) is 3.24. The van der Waals surface area contributed by atoms with Crippen LogP contribution in [0.25, 0.3) is 0 Å². The zero-order valence-corrected chi connectivity index (χ0v) is 11.3. The molecule has 1 unspecified atom stereocenters. The molecule has 0 saturated heterocycles. The summed E-state index contributed by atoms with van der Waals surface area (Å²) >= 11 is 0. The van der Waals surface area contributed by atoms with Gasteiger partial charge in [-0.3, -0.25) is 4.79 Å². The summed E-state index contributed by atoms with van der Waals surface area (Å²) < 4.78 is 5.19. The maximum atomic E-state index is 12.2. The van der Waals surface area contributed by atoms with Crippen molar-refractivity contribution in [1.29, 1.82) is 0 Å². The molecule has 1 aromatic carbocycles. The second-order valence-corrected chi connectivity index (χ2v) is 4.61. The largest absolute Gasteiger partial charge is 0.496 e. The van der Waals surface area contributed by atoms with Gasteiger partial charge < -0.3 is 15.8 Å². The number of carbonyl (C=O) groups is 1. The molecule has 3 N–H and O–H groups in total. The van der Waals surface area contributed by atoms with Crippen molar-refractivity contribution >= 4 is 5.91 Å². The Bertz CT molecular complexity index is 407. The van der Waals surface area contributed by atoms with Crippen LogP contribution in [-0.4, -0.2) is 25.1 Å². The Morgan fingerprint density at radius 3 is 2.67 bits per heavy atom. The van der Waals surface area contributed by atoms with E-state index in [9.17, 15) is 4.79 Å². The third-order valence-corrected chi connectivity index (χ3v) is 3.24. The summed E-state index contributed by atoms with van der Waals surface area (Å²) in [5.74, 6) is 0.464. The van der Waals surface area contributed by atoms with E-state index in [1.165, 1.54) is 0 Å². The molecule has 1 amide bonds. The van der Waals surface area contributed by atoms with Gasteiger partial charge in [0.1, 0.15) is 5.75 Å². The molecule has 1 atom stereocenters. The minimum absolute atomic E-state index is 0.120. The Kier molecular flexibility index (Phi) is 5.16. The van der Waals surface area contributed by atoms with Crippen molar-refractivity contribution in [1.82, 2.24) is 5.32 Å². The van der Waals surface area contributed by atoms with Crippen molar-refractivity contribution in [3.8, 4) is 5.75 Å². The minimum Gasteiger partial charge on any atom is -0.496 e. The van der Waals surface area contributed by atoms with Crippen molar-refractivity contribution in [2.75, 3.05) is 13.7 Å². The Balaban J connectivity index is 2.87.